The average molecular weight is 641 g/mol. The summed E-state index contributed by atoms with van der Waals surface area (Å²) in [5, 5.41) is 9.37. The number of Topliss-reactive ketones (excluding diaryl/α,β-unsaturated/α-hetero) is 1. The maximum Gasteiger partial charge on any atom is 0.134 e. The fourth-order valence-corrected chi connectivity index (χ4v) is 14.3. The quantitative estimate of drug-likeness (QED) is 0.244. The van der Waals surface area contributed by atoms with E-state index in [9.17, 15) is 4.79 Å². The molecule has 0 radical (unpaired) electrons. The molecule has 3 aromatic carbocycles. The first-order valence-electron chi connectivity index (χ1n) is 17.4. The molecule has 6 rings (SSSR count). The molecular weight excluding hydrogens is 586 g/mol. The van der Waals surface area contributed by atoms with E-state index in [4.69, 9.17) is 0 Å². The molecule has 0 aromatic heterocycles. The Morgan fingerprint density at radius 1 is 0.733 bits per heavy atom. The molecule has 3 nitrogen and oxygen atoms in total. The molecule has 3 unspecified atom stereocenters. The highest BCUT2D eigenvalue weighted by Crippen LogP contribution is 2.65. The molecule has 0 amide bonds. The van der Waals surface area contributed by atoms with E-state index in [1.807, 2.05) is 0 Å². The number of carbonyl (C=O) groups excluding carboxylic acids is 1. The molecule has 3 aliphatic rings. The van der Waals surface area contributed by atoms with Crippen LogP contribution < -0.4 is 15.9 Å². The van der Waals surface area contributed by atoms with Gasteiger partial charge < -0.3 is 10.6 Å². The second-order valence-electron chi connectivity index (χ2n) is 15.3. The lowest BCUT2D eigenvalue weighted by Crippen LogP contribution is -2.60. The van der Waals surface area contributed by atoms with Crippen molar-refractivity contribution in [2.24, 2.45) is 0 Å². The van der Waals surface area contributed by atoms with Crippen molar-refractivity contribution in [1.29, 1.82) is 0 Å². The van der Waals surface area contributed by atoms with E-state index in [1.165, 1.54) is 66.3 Å². The first kappa shape index (κ1) is 33.0. The Morgan fingerprint density at radius 3 is 1.64 bits per heavy atom. The minimum absolute atomic E-state index is 0.0700. The van der Waals surface area contributed by atoms with Crippen LogP contribution in [-0.4, -0.2) is 41.3 Å². The van der Waals surface area contributed by atoms with Gasteiger partial charge in [0.2, 0.25) is 0 Å². The molecule has 45 heavy (non-hydrogen) atoms. The van der Waals surface area contributed by atoms with E-state index in [0.717, 1.165) is 25.9 Å². The predicted octanol–water partition coefficient (Wildman–Crippen LogP) is 8.25. The summed E-state index contributed by atoms with van der Waals surface area (Å²) in [5.41, 5.74) is 7.13. The van der Waals surface area contributed by atoms with Gasteiger partial charge in [-0.25, -0.2) is 0 Å². The molecular formula is C40H54N2OP2. The summed E-state index contributed by atoms with van der Waals surface area (Å²) >= 11 is 0. The zero-order valence-electron chi connectivity index (χ0n) is 28.0. The zero-order valence-corrected chi connectivity index (χ0v) is 30.1. The Hall–Kier alpha value is -1.89. The molecule has 3 fully saturated rings. The lowest BCUT2D eigenvalue weighted by Gasteiger charge is -2.53. The van der Waals surface area contributed by atoms with E-state index < -0.39 is 7.92 Å². The van der Waals surface area contributed by atoms with Crippen LogP contribution in [0.15, 0.2) is 72.8 Å². The van der Waals surface area contributed by atoms with Gasteiger partial charge in [-0.15, -0.1) is 9.24 Å². The molecule has 3 aliphatic heterocycles. The van der Waals surface area contributed by atoms with E-state index in [-0.39, 0.29) is 15.5 Å². The first-order chi connectivity index (χ1) is 21.6. The highest BCUT2D eigenvalue weighted by molar-refractivity contribution is 7.69. The second kappa shape index (κ2) is 13.7. The molecule has 0 spiro atoms. The summed E-state index contributed by atoms with van der Waals surface area (Å²) in [7, 11) is 2.85. The van der Waals surface area contributed by atoms with Crippen molar-refractivity contribution in [3.8, 4) is 0 Å². The Balaban J connectivity index is 1.62. The van der Waals surface area contributed by atoms with Gasteiger partial charge in [0.05, 0.1) is 0 Å². The van der Waals surface area contributed by atoms with Crippen LogP contribution in [0.3, 0.4) is 0 Å². The van der Waals surface area contributed by atoms with Crippen LogP contribution in [0.2, 0.25) is 0 Å². The van der Waals surface area contributed by atoms with Crippen molar-refractivity contribution in [3.63, 3.8) is 0 Å². The maximum absolute atomic E-state index is 13.2. The van der Waals surface area contributed by atoms with Gasteiger partial charge in [-0.05, 0) is 95.0 Å². The number of piperidine rings is 2. The molecule has 0 saturated carbocycles. The summed E-state index contributed by atoms with van der Waals surface area (Å²) in [6.07, 6.45) is 10.7. The third kappa shape index (κ3) is 7.04. The molecule has 5 heteroatoms. The van der Waals surface area contributed by atoms with Gasteiger partial charge in [-0.2, -0.15) is 0 Å². The van der Waals surface area contributed by atoms with Crippen LogP contribution in [0.4, 0.5) is 0 Å². The number of hydrogen-bond acceptors (Lipinski definition) is 3. The third-order valence-corrected chi connectivity index (χ3v) is 15.4. The zero-order chi connectivity index (χ0) is 31.7. The SMILES string of the molecule is CC1(C)CC(=O)CC(C)(C)P1c1cc(Cc2ccccc2)c(Cc2ccccc2)cc1C(P)(C1CCCCN1)C1CCCCN1. The van der Waals surface area contributed by atoms with Crippen LogP contribution in [0.5, 0.6) is 0 Å². The summed E-state index contributed by atoms with van der Waals surface area (Å²) < 4.78 is 0. The normalized spacial score (nSPS) is 25.0. The van der Waals surface area contributed by atoms with Gasteiger partial charge in [0.1, 0.15) is 5.78 Å². The topological polar surface area (TPSA) is 41.1 Å². The molecule has 0 bridgehead atoms. The number of ketones is 1. The van der Waals surface area contributed by atoms with Gasteiger partial charge in [-0.1, -0.05) is 121 Å². The molecule has 3 saturated heterocycles. The Morgan fingerprint density at radius 2 is 1.20 bits per heavy atom. The largest absolute Gasteiger partial charge is 0.313 e. The lowest BCUT2D eigenvalue weighted by atomic mass is 9.76. The number of nitrogens with one attached hydrogen (secondary N) is 2. The van der Waals surface area contributed by atoms with Gasteiger partial charge in [-0.3, -0.25) is 4.79 Å². The Bertz CT molecular complexity index is 1420. The van der Waals surface area contributed by atoms with Crippen molar-refractivity contribution in [2.45, 2.75) is 119 Å². The van der Waals surface area contributed by atoms with Crippen LogP contribution in [0.25, 0.3) is 0 Å². The van der Waals surface area contributed by atoms with E-state index in [2.05, 4.69) is 120 Å². The van der Waals surface area contributed by atoms with Gasteiger partial charge in [0, 0.05) is 30.1 Å². The highest BCUT2D eigenvalue weighted by atomic mass is 31.1. The maximum atomic E-state index is 13.2. The lowest BCUT2D eigenvalue weighted by molar-refractivity contribution is -0.120. The monoisotopic (exact) mass is 640 g/mol. The molecule has 0 aliphatic carbocycles. The molecule has 3 atom stereocenters. The van der Waals surface area contributed by atoms with E-state index in [1.54, 1.807) is 5.30 Å². The van der Waals surface area contributed by atoms with Gasteiger partial charge >= 0.3 is 0 Å². The van der Waals surface area contributed by atoms with Crippen molar-refractivity contribution in [3.05, 3.63) is 101 Å². The molecule has 2 N–H and O–H groups in total. The second-order valence-corrected chi connectivity index (χ2v) is 19.8. The van der Waals surface area contributed by atoms with Crippen molar-refractivity contribution in [2.75, 3.05) is 13.1 Å². The van der Waals surface area contributed by atoms with E-state index >= 15 is 0 Å². The number of carbonyl (C=O) groups is 1. The standard InChI is InChI=1S/C40H54N2OP2/c1-38(2)27-33(43)28-39(3,4)45(38)35-26-32(24-30-17-9-6-10-18-30)31(23-29-15-7-5-8-16-29)25-34(35)40(44,36-19-11-13-21-41-36)37-20-12-14-22-42-37/h5-10,15-18,25-26,36-37,41-42H,11-14,19-24,27-28,44H2,1-4H3. The highest BCUT2D eigenvalue weighted by Gasteiger charge is 2.52. The average Bonchev–Trinajstić information content (AvgIpc) is 3.02. The predicted molar refractivity (Wildman–Crippen MR) is 197 cm³/mol. The minimum Gasteiger partial charge on any atom is -0.313 e. The van der Waals surface area contributed by atoms with Crippen LogP contribution in [0.1, 0.15) is 107 Å². The Labute approximate surface area is 276 Å². The van der Waals surface area contributed by atoms with Crippen LogP contribution in [0, 0.1) is 0 Å². The molecule has 240 valence electrons. The third-order valence-electron chi connectivity index (χ3n) is 10.7. The van der Waals surface area contributed by atoms with Crippen LogP contribution >= 0.6 is 17.2 Å². The van der Waals surface area contributed by atoms with Gasteiger partial charge in [0.25, 0.3) is 0 Å². The number of rotatable bonds is 8. The summed E-state index contributed by atoms with van der Waals surface area (Å²) in [4.78, 5) is 13.2. The first-order valence-corrected chi connectivity index (χ1v) is 19.3. The number of benzene rings is 3. The summed E-state index contributed by atoms with van der Waals surface area (Å²) in [5.74, 6) is 0.426. The fourth-order valence-electron chi connectivity index (χ4n) is 8.96. The smallest absolute Gasteiger partial charge is 0.134 e. The van der Waals surface area contributed by atoms with Crippen molar-refractivity contribution < 1.29 is 4.79 Å². The Kier molecular flexibility index (Phi) is 10.0. The van der Waals surface area contributed by atoms with Gasteiger partial charge in [0.15, 0.2) is 0 Å². The molecule has 3 aromatic rings. The fraction of sp³-hybridized carbons (Fsp3) is 0.525. The van der Waals surface area contributed by atoms with Crippen LogP contribution in [-0.2, 0) is 22.8 Å². The minimum atomic E-state index is -0.659. The van der Waals surface area contributed by atoms with Crippen molar-refractivity contribution >= 4 is 28.2 Å². The molecule has 3 heterocycles. The van der Waals surface area contributed by atoms with E-state index in [0.29, 0.717) is 30.7 Å². The van der Waals surface area contributed by atoms with Crippen molar-refractivity contribution in [1.82, 2.24) is 10.6 Å². The number of hydrogen-bond donors (Lipinski definition) is 2. The summed E-state index contributed by atoms with van der Waals surface area (Å²) in [6.45, 7) is 11.7. The summed E-state index contributed by atoms with van der Waals surface area (Å²) in [6, 6.07) is 28.1.